The zero-order valence-corrected chi connectivity index (χ0v) is 20.0. The molecule has 0 aromatic heterocycles. The van der Waals surface area contributed by atoms with E-state index < -0.39 is 38.4 Å². The van der Waals surface area contributed by atoms with Gasteiger partial charge >= 0.3 is 15.6 Å². The first kappa shape index (κ1) is 25.5. The molecule has 2 aliphatic rings. The molecule has 4 rings (SSSR count). The molecule has 0 bridgehead atoms. The Hall–Kier alpha value is -3.64. The highest BCUT2D eigenvalue weighted by atomic mass is 32.2. The number of aliphatic imine (C=N–C) groups is 1. The molecule has 0 saturated carbocycles. The van der Waals surface area contributed by atoms with E-state index in [4.69, 9.17) is 10.5 Å². The fourth-order valence-corrected chi connectivity index (χ4v) is 4.86. The Morgan fingerprint density at radius 3 is 2.39 bits per heavy atom. The average molecular weight is 522 g/mol. The number of rotatable bonds is 6. The summed E-state index contributed by atoms with van der Waals surface area (Å²) in [6, 6.07) is 14.1. The summed E-state index contributed by atoms with van der Waals surface area (Å²) in [5.41, 5.74) is -1.27. The van der Waals surface area contributed by atoms with Gasteiger partial charge in [0, 0.05) is 20.6 Å². The van der Waals surface area contributed by atoms with E-state index in [-0.39, 0.29) is 17.9 Å². The summed E-state index contributed by atoms with van der Waals surface area (Å²) in [5.74, 6) is -1.41. The molecule has 1 aliphatic carbocycles. The highest BCUT2D eigenvalue weighted by molar-refractivity contribution is 7.88. The molecule has 0 fully saturated rings. The quantitative estimate of drug-likeness (QED) is 0.461. The number of hydrogen-bond donors (Lipinski definition) is 1. The number of methoxy groups -OCH3 is 1. The normalized spacial score (nSPS) is 24.5. The van der Waals surface area contributed by atoms with Crippen LogP contribution < -0.4 is 9.92 Å². The average Bonchev–Trinajstić information content (AvgIpc) is 3.09. The summed E-state index contributed by atoms with van der Waals surface area (Å²) >= 11 is 0. The van der Waals surface area contributed by atoms with Gasteiger partial charge in [-0.2, -0.15) is 21.6 Å². The zero-order valence-electron chi connectivity index (χ0n) is 19.2. The van der Waals surface area contributed by atoms with E-state index in [9.17, 15) is 26.4 Å². The number of ether oxygens (including phenoxy) is 1. The third-order valence-corrected chi connectivity index (χ3v) is 7.20. The monoisotopic (exact) mass is 521 g/mol. The number of guanidine groups is 1. The van der Waals surface area contributed by atoms with Gasteiger partial charge in [-0.3, -0.25) is 9.69 Å². The number of nitrogens with zero attached hydrogens (tertiary/aromatic N) is 2. The molecule has 0 radical (unpaired) electrons. The molecule has 1 heterocycles. The van der Waals surface area contributed by atoms with Crippen molar-refractivity contribution in [3.8, 4) is 5.75 Å². The van der Waals surface area contributed by atoms with E-state index in [1.807, 2.05) is 36.4 Å². The Labute approximate surface area is 205 Å². The van der Waals surface area contributed by atoms with E-state index in [0.29, 0.717) is 0 Å². The molecule has 36 heavy (non-hydrogen) atoms. The molecule has 0 saturated heterocycles. The molecule has 2 aromatic rings. The van der Waals surface area contributed by atoms with E-state index in [1.54, 1.807) is 12.2 Å². The molecule has 2 atom stereocenters. The van der Waals surface area contributed by atoms with Crippen molar-refractivity contribution in [3.05, 3.63) is 84.0 Å². The lowest BCUT2D eigenvalue weighted by Gasteiger charge is -2.44. The number of likely N-dealkylation sites (N-methyl/N-ethyl adjacent to an activating group) is 1. The van der Waals surface area contributed by atoms with E-state index >= 15 is 0 Å². The highest BCUT2D eigenvalue weighted by Crippen LogP contribution is 2.50. The third kappa shape index (κ3) is 3.95. The van der Waals surface area contributed by atoms with Gasteiger partial charge in [-0.1, -0.05) is 54.6 Å². The zero-order chi connectivity index (χ0) is 26.4. The van der Waals surface area contributed by atoms with E-state index in [0.717, 1.165) is 28.2 Å². The fraction of sp³-hybridized carbons (Fsp3) is 0.250. The van der Waals surface area contributed by atoms with Crippen LogP contribution in [0.3, 0.4) is 0 Å². The molecule has 1 aliphatic heterocycles. The summed E-state index contributed by atoms with van der Waals surface area (Å²) in [6.45, 7) is 0. The van der Waals surface area contributed by atoms with Gasteiger partial charge in [0.15, 0.2) is 5.96 Å². The summed E-state index contributed by atoms with van der Waals surface area (Å²) in [6.07, 6.45) is 5.33. The molecule has 0 spiro atoms. The van der Waals surface area contributed by atoms with Gasteiger partial charge in [-0.05, 0) is 34.9 Å². The molecule has 190 valence electrons. The van der Waals surface area contributed by atoms with E-state index in [1.165, 1.54) is 26.3 Å². The number of hydrogen-bond acceptors (Lipinski definition) is 7. The molecule has 1 amide bonds. The lowest BCUT2D eigenvalue weighted by molar-refractivity contribution is -0.140. The van der Waals surface area contributed by atoms with E-state index in [2.05, 4.69) is 9.18 Å². The van der Waals surface area contributed by atoms with Crippen LogP contribution in [0, 0.1) is 0 Å². The van der Waals surface area contributed by atoms with Crippen molar-refractivity contribution in [3.63, 3.8) is 0 Å². The van der Waals surface area contributed by atoms with Gasteiger partial charge in [-0.25, -0.2) is 4.99 Å². The Kier molecular flexibility index (Phi) is 6.21. The first-order valence-corrected chi connectivity index (χ1v) is 12.0. The van der Waals surface area contributed by atoms with Gasteiger partial charge in [0.05, 0.1) is 0 Å². The minimum absolute atomic E-state index is 0.0375. The number of carbonyl (C=O) groups is 1. The molecular weight excluding hydrogens is 499 g/mol. The summed E-state index contributed by atoms with van der Waals surface area (Å²) in [5, 5.41) is 0. The van der Waals surface area contributed by atoms with Crippen molar-refractivity contribution in [2.45, 2.75) is 23.1 Å². The predicted molar refractivity (Wildman–Crippen MR) is 126 cm³/mol. The van der Waals surface area contributed by atoms with Crippen molar-refractivity contribution in [2.75, 3.05) is 14.2 Å². The number of amides is 1. The van der Waals surface area contributed by atoms with Crippen LogP contribution in [0.2, 0.25) is 0 Å². The second-order valence-electron chi connectivity index (χ2n) is 8.24. The minimum Gasteiger partial charge on any atom is -0.376 e. The Morgan fingerprint density at radius 1 is 1.11 bits per heavy atom. The third-order valence-electron chi connectivity index (χ3n) is 6.22. The number of carbonyl (C=O) groups excluding carboxylic acids is 1. The van der Waals surface area contributed by atoms with Crippen LogP contribution >= 0.6 is 0 Å². The van der Waals surface area contributed by atoms with Crippen LogP contribution in [-0.2, 0) is 25.2 Å². The smallest absolute Gasteiger partial charge is 0.376 e. The lowest BCUT2D eigenvalue weighted by atomic mass is 9.68. The summed E-state index contributed by atoms with van der Waals surface area (Å²) in [7, 11) is -3.16. The van der Waals surface area contributed by atoms with Gasteiger partial charge in [-0.15, -0.1) is 0 Å². The van der Waals surface area contributed by atoms with Crippen LogP contribution in [0.4, 0.5) is 13.2 Å². The summed E-state index contributed by atoms with van der Waals surface area (Å²) in [4.78, 5) is 19.3. The van der Waals surface area contributed by atoms with Crippen molar-refractivity contribution in [2.24, 2.45) is 10.7 Å². The fourth-order valence-electron chi connectivity index (χ4n) is 4.40. The Bertz CT molecular complexity index is 1390. The first-order valence-electron chi connectivity index (χ1n) is 10.6. The highest BCUT2D eigenvalue weighted by Gasteiger charge is 2.62. The summed E-state index contributed by atoms with van der Waals surface area (Å²) < 4.78 is 72.3. The van der Waals surface area contributed by atoms with Gasteiger partial charge in [0.25, 0.3) is 5.91 Å². The largest absolute Gasteiger partial charge is 0.534 e. The molecule has 2 aromatic carbocycles. The van der Waals surface area contributed by atoms with Crippen molar-refractivity contribution >= 4 is 27.6 Å². The van der Waals surface area contributed by atoms with Crippen LogP contribution in [0.1, 0.15) is 17.5 Å². The Balaban J connectivity index is 1.88. The number of allylic oxidation sites excluding steroid dienone is 2. The maximum absolute atomic E-state index is 13.8. The van der Waals surface area contributed by atoms with Gasteiger partial charge < -0.3 is 14.7 Å². The van der Waals surface area contributed by atoms with Gasteiger partial charge in [0.1, 0.15) is 11.4 Å². The topological polar surface area (TPSA) is 111 Å². The van der Waals surface area contributed by atoms with Crippen LogP contribution in [0.25, 0.3) is 5.57 Å². The van der Waals surface area contributed by atoms with Crippen molar-refractivity contribution in [1.82, 2.24) is 4.90 Å². The predicted octanol–water partition coefficient (Wildman–Crippen LogP) is 3.33. The molecule has 12 heteroatoms. The molecular formula is C24H22F3N3O5S. The number of benzene rings is 2. The molecule has 2 N–H and O–H groups in total. The maximum Gasteiger partial charge on any atom is 0.534 e. The maximum atomic E-state index is 13.8. The number of nitrogens with two attached hydrogens (primary N) is 1. The van der Waals surface area contributed by atoms with Crippen LogP contribution in [-0.4, -0.2) is 50.5 Å². The molecule has 2 unspecified atom stereocenters. The van der Waals surface area contributed by atoms with Crippen LogP contribution in [0.5, 0.6) is 5.75 Å². The van der Waals surface area contributed by atoms with Crippen molar-refractivity contribution in [1.29, 1.82) is 0 Å². The SMILES string of the molecule is COC1(C2(c3cccc(OS(=O)(=O)C(F)(F)F)c3)N=C(N)N(C)C2=O)C=CC=C(c2ccccc2)C1. The van der Waals surface area contributed by atoms with Gasteiger partial charge in [0.2, 0.25) is 5.54 Å². The van der Waals surface area contributed by atoms with Crippen molar-refractivity contribution < 1.29 is 35.3 Å². The minimum atomic E-state index is -5.95. The standard InChI is InChI=1S/C24H22F3N3O5S/c1-30-20(31)23(29-21(30)28,18-11-6-12-19(14-18)35-36(32,33)24(25,26)27)22(34-2)13-7-10-17(15-22)16-8-4-3-5-9-16/h3-14H,15H2,1-2H3,(H2,28,29). The number of halogens is 3. The first-order chi connectivity index (χ1) is 16.9. The molecule has 8 nitrogen and oxygen atoms in total. The van der Waals surface area contributed by atoms with Crippen LogP contribution in [0.15, 0.2) is 77.8 Å². The second kappa shape index (κ2) is 8.79. The lowest BCUT2D eigenvalue weighted by Crippen LogP contribution is -2.57. The Morgan fingerprint density at radius 2 is 1.81 bits per heavy atom. The number of alkyl halides is 3. The second-order valence-corrected chi connectivity index (χ2v) is 9.78.